The number of alkyl halides is 2. The summed E-state index contributed by atoms with van der Waals surface area (Å²) in [4.78, 5) is 21.1. The molecule has 1 unspecified atom stereocenters. The maximum Gasteiger partial charge on any atom is 0.322 e. The first kappa shape index (κ1) is 21.5. The number of hydrogen-bond donors (Lipinski definition) is 2. The second-order valence-electron chi connectivity index (χ2n) is 11.2. The molecule has 2 N–H and O–H groups in total. The normalized spacial score (nSPS) is 25.4. The summed E-state index contributed by atoms with van der Waals surface area (Å²) in [5.74, 6) is -1.93. The smallest absolute Gasteiger partial charge is 0.322 e. The summed E-state index contributed by atoms with van der Waals surface area (Å²) in [6.07, 6.45) is 5.19. The number of anilines is 2. The number of carbonyl (C=O) groups excluding carboxylic acids is 1. The average molecular weight is 546 g/mol. The number of ether oxygens (including phenoxy) is 2. The number of halogens is 2. The van der Waals surface area contributed by atoms with Crippen LogP contribution in [-0.2, 0) is 16.0 Å². The minimum Gasteiger partial charge on any atom is -0.381 e. The molecule has 1 saturated carbocycles. The number of nitrogens with zero attached hydrogens (tertiary/aromatic N) is 6. The maximum atomic E-state index is 14.2. The molecule has 6 heterocycles. The average Bonchev–Trinajstić information content (AvgIpc) is 3.23. The van der Waals surface area contributed by atoms with E-state index >= 15 is 0 Å². The fourth-order valence-corrected chi connectivity index (χ4v) is 5.96. The number of nitrogens with one attached hydrogen (secondary N) is 2. The van der Waals surface area contributed by atoms with Crippen LogP contribution in [0.1, 0.15) is 36.2 Å². The van der Waals surface area contributed by atoms with E-state index in [0.29, 0.717) is 68.1 Å². The Morgan fingerprint density at radius 3 is 2.92 bits per heavy atom. The van der Waals surface area contributed by atoms with Crippen molar-refractivity contribution in [2.45, 2.75) is 56.2 Å². The van der Waals surface area contributed by atoms with E-state index in [0.717, 1.165) is 30.2 Å². The molecule has 0 radical (unpaired) electrons. The van der Waals surface area contributed by atoms with Crippen LogP contribution < -0.4 is 10.2 Å². The van der Waals surface area contributed by atoms with E-state index in [4.69, 9.17) is 18.7 Å². The summed E-state index contributed by atoms with van der Waals surface area (Å²) in [5, 5.41) is 15.5. The lowest BCUT2D eigenvalue weighted by Crippen LogP contribution is -2.54. The highest BCUT2D eigenvalue weighted by atomic mass is 19.3. The highest BCUT2D eigenvalue weighted by molar-refractivity contribution is 5.96. The highest BCUT2D eigenvalue weighted by Gasteiger charge is 2.57. The zero-order valence-electron chi connectivity index (χ0n) is 24.3. The molecular formula is C26H32F2N8O3. The standard InChI is InChI=1S/C26H32F2N8O3/c1-38-17-12-34(13-17)23-18-9-29-19(8-21(18)36(33-23)11-16-2-7-39-14-16)22-20(10-30-32-22)31-24(37)35-15-26(27,28)6-5-25(35)3-4-25/h8-10,16-17H,2-7,11-15H2,1H3,(H,30,32)(H,31,37)/i1D3. The van der Waals surface area contributed by atoms with Gasteiger partial charge in [-0.25, -0.2) is 13.6 Å². The van der Waals surface area contributed by atoms with Gasteiger partial charge in [-0.1, -0.05) is 0 Å². The fourth-order valence-electron chi connectivity index (χ4n) is 5.96. The number of hydrogen-bond acceptors (Lipinski definition) is 7. The van der Waals surface area contributed by atoms with Crippen molar-refractivity contribution in [3.8, 4) is 11.4 Å². The van der Waals surface area contributed by atoms with Crippen molar-refractivity contribution in [3.63, 3.8) is 0 Å². The monoisotopic (exact) mass is 545 g/mol. The predicted octanol–water partition coefficient (Wildman–Crippen LogP) is 3.49. The Morgan fingerprint density at radius 2 is 2.15 bits per heavy atom. The zero-order valence-corrected chi connectivity index (χ0v) is 21.3. The predicted molar refractivity (Wildman–Crippen MR) is 139 cm³/mol. The Hall–Kier alpha value is -3.32. The third-order valence-electron chi connectivity index (χ3n) is 8.51. The van der Waals surface area contributed by atoms with Crippen molar-refractivity contribution >= 4 is 28.4 Å². The number of methoxy groups -OCH3 is 1. The van der Waals surface area contributed by atoms with Crippen molar-refractivity contribution in [1.29, 1.82) is 0 Å². The lowest BCUT2D eigenvalue weighted by atomic mass is 9.97. The summed E-state index contributed by atoms with van der Waals surface area (Å²) >= 11 is 0. The molecule has 3 aromatic rings. The largest absolute Gasteiger partial charge is 0.381 e. The Balaban J connectivity index is 1.16. The van der Waals surface area contributed by atoms with E-state index in [9.17, 15) is 13.6 Å². The molecule has 2 amide bonds. The zero-order chi connectivity index (χ0) is 29.3. The summed E-state index contributed by atoms with van der Waals surface area (Å²) in [6.45, 7) is 2.16. The van der Waals surface area contributed by atoms with E-state index < -0.39 is 37.2 Å². The number of likely N-dealkylation sites (tertiary alicyclic amines) is 1. The van der Waals surface area contributed by atoms with Crippen molar-refractivity contribution in [2.24, 2.45) is 5.92 Å². The van der Waals surface area contributed by atoms with Crippen LogP contribution in [0.25, 0.3) is 22.3 Å². The third-order valence-corrected chi connectivity index (χ3v) is 8.51. The van der Waals surface area contributed by atoms with E-state index in [-0.39, 0.29) is 6.42 Å². The van der Waals surface area contributed by atoms with Gasteiger partial charge in [-0.3, -0.25) is 14.8 Å². The van der Waals surface area contributed by atoms with Gasteiger partial charge in [0.2, 0.25) is 0 Å². The highest BCUT2D eigenvalue weighted by Crippen LogP contribution is 2.51. The van der Waals surface area contributed by atoms with Gasteiger partial charge in [0.25, 0.3) is 5.92 Å². The minimum atomic E-state index is -2.91. The second-order valence-corrected chi connectivity index (χ2v) is 11.2. The fraction of sp³-hybridized carbons (Fsp3) is 0.615. The first-order valence-electron chi connectivity index (χ1n) is 14.9. The Labute approximate surface area is 228 Å². The quantitative estimate of drug-likeness (QED) is 0.488. The van der Waals surface area contributed by atoms with Crippen LogP contribution in [0, 0.1) is 5.92 Å². The van der Waals surface area contributed by atoms with Gasteiger partial charge in [0.05, 0.1) is 51.8 Å². The first-order valence-corrected chi connectivity index (χ1v) is 13.4. The van der Waals surface area contributed by atoms with Crippen LogP contribution in [0.2, 0.25) is 0 Å². The topological polar surface area (TPSA) is 113 Å². The van der Waals surface area contributed by atoms with Crippen LogP contribution in [0.15, 0.2) is 18.5 Å². The molecule has 13 heteroatoms. The van der Waals surface area contributed by atoms with Gasteiger partial charge in [-0.15, -0.1) is 0 Å². The number of urea groups is 1. The molecule has 39 heavy (non-hydrogen) atoms. The van der Waals surface area contributed by atoms with E-state index in [1.54, 1.807) is 6.20 Å². The van der Waals surface area contributed by atoms with Crippen molar-refractivity contribution in [1.82, 2.24) is 29.9 Å². The first-order chi connectivity index (χ1) is 20.0. The van der Waals surface area contributed by atoms with Gasteiger partial charge in [0.15, 0.2) is 5.82 Å². The molecule has 1 spiro atoms. The molecule has 4 aliphatic rings. The number of aromatic amines is 1. The maximum absolute atomic E-state index is 14.2. The molecule has 1 aliphatic carbocycles. The SMILES string of the molecule is [2H]C([2H])([2H])OC1CN(c2nn(CC3CCOC3)c3cc(-c4[nH]ncc4NC(=O)N4CC(F)(F)CCC45CC5)ncc23)C1. The van der Waals surface area contributed by atoms with Crippen LogP contribution in [0.5, 0.6) is 0 Å². The Kier molecular flexibility index (Phi) is 5.03. The van der Waals surface area contributed by atoms with Crippen molar-refractivity contribution in [2.75, 3.05) is 50.1 Å². The molecule has 0 bridgehead atoms. The van der Waals surface area contributed by atoms with Crippen LogP contribution in [0.3, 0.4) is 0 Å². The van der Waals surface area contributed by atoms with Crippen molar-refractivity contribution in [3.05, 3.63) is 18.5 Å². The molecular weight excluding hydrogens is 510 g/mol. The summed E-state index contributed by atoms with van der Waals surface area (Å²) in [6, 6.07) is 1.29. The van der Waals surface area contributed by atoms with Crippen LogP contribution >= 0.6 is 0 Å². The van der Waals surface area contributed by atoms with E-state index in [1.165, 1.54) is 11.1 Å². The summed E-state index contributed by atoms with van der Waals surface area (Å²) < 4.78 is 63.1. The molecule has 11 nitrogen and oxygen atoms in total. The molecule has 1 atom stereocenters. The molecule has 4 fully saturated rings. The summed E-state index contributed by atoms with van der Waals surface area (Å²) in [7, 11) is -2.46. The van der Waals surface area contributed by atoms with Crippen LogP contribution in [0.4, 0.5) is 25.1 Å². The Bertz CT molecular complexity index is 1500. The third kappa shape index (κ3) is 4.41. The van der Waals surface area contributed by atoms with Gasteiger partial charge >= 0.3 is 6.03 Å². The lowest BCUT2D eigenvalue weighted by molar-refractivity contribution is -0.0721. The molecule has 7 rings (SSSR count). The molecule has 208 valence electrons. The molecule has 0 aromatic carbocycles. The molecule has 3 saturated heterocycles. The number of fused-ring (bicyclic) bond motifs is 1. The second kappa shape index (κ2) is 9.12. The number of H-pyrrole nitrogens is 1. The number of piperidine rings is 1. The number of carbonyl (C=O) groups is 1. The number of amides is 2. The molecule has 3 aliphatic heterocycles. The van der Waals surface area contributed by atoms with Gasteiger partial charge in [-0.05, 0) is 31.7 Å². The van der Waals surface area contributed by atoms with E-state index in [1.807, 2.05) is 15.6 Å². The van der Waals surface area contributed by atoms with Gasteiger partial charge < -0.3 is 24.6 Å². The number of aromatic nitrogens is 5. The van der Waals surface area contributed by atoms with Gasteiger partial charge in [-0.2, -0.15) is 10.2 Å². The van der Waals surface area contributed by atoms with Gasteiger partial charge in [0, 0.05) is 57.4 Å². The van der Waals surface area contributed by atoms with Crippen LogP contribution in [-0.4, -0.2) is 93.3 Å². The van der Waals surface area contributed by atoms with E-state index in [2.05, 4.69) is 20.5 Å². The number of rotatable bonds is 6. The summed E-state index contributed by atoms with van der Waals surface area (Å²) in [5.41, 5.74) is 1.63. The Morgan fingerprint density at radius 1 is 1.31 bits per heavy atom. The minimum absolute atomic E-state index is 0.203. The molecule has 3 aromatic heterocycles. The number of pyridine rings is 1. The van der Waals surface area contributed by atoms with Crippen molar-refractivity contribution < 1.29 is 27.2 Å². The lowest BCUT2D eigenvalue weighted by Gasteiger charge is -2.40. The van der Waals surface area contributed by atoms with Gasteiger partial charge in [0.1, 0.15) is 5.69 Å².